The molecule has 0 aliphatic heterocycles. The van der Waals surface area contributed by atoms with Crippen LogP contribution < -0.4 is 10.4 Å². The highest BCUT2D eigenvalue weighted by Crippen LogP contribution is 2.14. The van der Waals surface area contributed by atoms with Crippen LogP contribution in [0.4, 0.5) is 0 Å². The number of unbranched alkanes of at least 4 members (excludes halogenated alkanes) is 15. The first-order valence-corrected chi connectivity index (χ1v) is 12.4. The van der Waals surface area contributed by atoms with E-state index in [4.69, 9.17) is 0 Å². The van der Waals surface area contributed by atoms with Crippen LogP contribution in [0, 0.1) is 0 Å². The highest BCUT2D eigenvalue weighted by molar-refractivity contribution is 5.80. The number of carbonyl (C=O) groups is 2. The molecule has 1 aromatic heterocycles. The number of nitrogens with zero attached hydrogens (tertiary/aromatic N) is 3. The quantitative estimate of drug-likeness (QED) is 0.203. The van der Waals surface area contributed by atoms with Gasteiger partial charge in [-0.3, -0.25) is 4.79 Å². The van der Waals surface area contributed by atoms with Gasteiger partial charge in [-0.25, -0.2) is 9.59 Å². The summed E-state index contributed by atoms with van der Waals surface area (Å²) >= 11 is 0. The number of carbonyl (C=O) groups excluding carboxylic acids is 2. The zero-order valence-electron chi connectivity index (χ0n) is 20.0. The Bertz CT molecular complexity index is 721. The Kier molecular flexibility index (Phi) is 13.8. The minimum Gasteiger partial charge on any atom is -0.331 e. The SMILES string of the molecule is CCCCCCCCCCCCCCCCCCc1c(=O)n(C(C)=O)n(C(C)=O)[n+]1O. The molecule has 0 amide bonds. The van der Waals surface area contributed by atoms with Crippen molar-refractivity contribution in [2.24, 2.45) is 0 Å². The lowest BCUT2D eigenvalue weighted by atomic mass is 10.0. The molecular weight excluding hydrogens is 394 g/mol. The Hall–Kier alpha value is -1.92. The molecule has 0 saturated carbocycles. The lowest BCUT2D eigenvalue weighted by Gasteiger charge is -2.03. The molecule has 0 radical (unpaired) electrons. The van der Waals surface area contributed by atoms with E-state index < -0.39 is 17.4 Å². The minimum atomic E-state index is -0.619. The highest BCUT2D eigenvalue weighted by Gasteiger charge is 2.32. The average molecular weight is 439 g/mol. The van der Waals surface area contributed by atoms with Crippen molar-refractivity contribution in [3.8, 4) is 0 Å². The molecule has 0 aliphatic carbocycles. The van der Waals surface area contributed by atoms with E-state index in [0.29, 0.717) is 20.7 Å². The summed E-state index contributed by atoms with van der Waals surface area (Å²) in [6.07, 6.45) is 20.6. The lowest BCUT2D eigenvalue weighted by molar-refractivity contribution is -0.964. The molecule has 7 nitrogen and oxygen atoms in total. The van der Waals surface area contributed by atoms with Gasteiger partial charge in [0.25, 0.3) is 5.69 Å². The third-order valence-corrected chi connectivity index (χ3v) is 5.90. The summed E-state index contributed by atoms with van der Waals surface area (Å²) in [5.74, 6) is -1.19. The zero-order valence-corrected chi connectivity index (χ0v) is 20.0. The maximum absolute atomic E-state index is 12.3. The Labute approximate surface area is 187 Å². The summed E-state index contributed by atoms with van der Waals surface area (Å²) < 4.78 is 0.685. The summed E-state index contributed by atoms with van der Waals surface area (Å²) in [5, 5.41) is 10.1. The number of hydrogen-bond acceptors (Lipinski definition) is 4. The second kappa shape index (κ2) is 15.8. The molecule has 0 spiro atoms. The molecule has 0 aromatic carbocycles. The maximum atomic E-state index is 12.3. The summed E-state index contributed by atoms with van der Waals surface area (Å²) in [5.41, 5.74) is -0.540. The minimum absolute atomic E-state index is 0.0794. The molecule has 1 heterocycles. The fourth-order valence-corrected chi connectivity index (χ4v) is 4.09. The third-order valence-electron chi connectivity index (χ3n) is 5.90. The van der Waals surface area contributed by atoms with Crippen molar-refractivity contribution in [2.75, 3.05) is 0 Å². The van der Waals surface area contributed by atoms with Gasteiger partial charge < -0.3 is 5.21 Å². The van der Waals surface area contributed by atoms with E-state index in [1.807, 2.05) is 0 Å². The van der Waals surface area contributed by atoms with Crippen LogP contribution in [-0.2, 0) is 6.42 Å². The summed E-state index contributed by atoms with van der Waals surface area (Å²) in [4.78, 5) is 36.8. The topological polar surface area (TPSA) is 85.2 Å². The molecule has 1 N–H and O–H groups in total. The van der Waals surface area contributed by atoms with Gasteiger partial charge in [-0.1, -0.05) is 103 Å². The van der Waals surface area contributed by atoms with Gasteiger partial charge in [-0.05, 0) is 11.1 Å². The van der Waals surface area contributed by atoms with Gasteiger partial charge in [0.2, 0.25) is 0 Å². The predicted octanol–water partition coefficient (Wildman–Crippen LogP) is 5.30. The largest absolute Gasteiger partial charge is 0.409 e. The average Bonchev–Trinajstić information content (AvgIpc) is 2.98. The van der Waals surface area contributed by atoms with Crippen molar-refractivity contribution in [3.05, 3.63) is 16.0 Å². The van der Waals surface area contributed by atoms with Gasteiger partial charge in [0.15, 0.2) is 0 Å². The Morgan fingerprint density at radius 3 is 1.42 bits per heavy atom. The first kappa shape index (κ1) is 27.1. The molecule has 1 rings (SSSR count). The van der Waals surface area contributed by atoms with Crippen LogP contribution in [0.15, 0.2) is 4.79 Å². The first-order chi connectivity index (χ1) is 14.9. The van der Waals surface area contributed by atoms with E-state index in [1.54, 1.807) is 0 Å². The summed E-state index contributed by atoms with van der Waals surface area (Å²) in [7, 11) is 0. The van der Waals surface area contributed by atoms with Gasteiger partial charge in [0.05, 0.1) is 0 Å². The standard InChI is InChI=1S/C24H44N3O4/c1-4-5-6-7-8-9-10-11-12-13-14-15-16-17-18-19-20-23-24(30)25(21(2)28)26(22(3)29)27(23)31/h31H,4-20H2,1-3H3/q+1. The Morgan fingerprint density at radius 1 is 0.710 bits per heavy atom. The molecule has 0 fully saturated rings. The van der Waals surface area contributed by atoms with Crippen LogP contribution >= 0.6 is 0 Å². The fourth-order valence-electron chi connectivity index (χ4n) is 4.09. The van der Waals surface area contributed by atoms with Gasteiger partial charge in [0.1, 0.15) is 0 Å². The maximum Gasteiger partial charge on any atom is 0.409 e. The van der Waals surface area contributed by atoms with E-state index >= 15 is 0 Å². The lowest BCUT2D eigenvalue weighted by Crippen LogP contribution is -2.48. The second-order valence-corrected chi connectivity index (χ2v) is 8.73. The second-order valence-electron chi connectivity index (χ2n) is 8.73. The van der Waals surface area contributed by atoms with Gasteiger partial charge in [-0.15, -0.1) is 0 Å². The van der Waals surface area contributed by atoms with E-state index in [-0.39, 0.29) is 5.69 Å². The van der Waals surface area contributed by atoms with Crippen LogP contribution in [0.2, 0.25) is 0 Å². The predicted molar refractivity (Wildman–Crippen MR) is 122 cm³/mol. The summed E-state index contributed by atoms with van der Waals surface area (Å²) in [6.45, 7) is 4.65. The molecule has 0 bridgehead atoms. The molecule has 0 saturated heterocycles. The third kappa shape index (κ3) is 9.83. The molecule has 7 heteroatoms. The van der Waals surface area contributed by atoms with Crippen LogP contribution in [0.1, 0.15) is 139 Å². The number of hydrogen-bond donors (Lipinski definition) is 1. The van der Waals surface area contributed by atoms with Crippen molar-refractivity contribution in [2.45, 2.75) is 130 Å². The summed E-state index contributed by atoms with van der Waals surface area (Å²) in [6, 6.07) is 0. The van der Waals surface area contributed by atoms with E-state index in [1.165, 1.54) is 97.3 Å². The molecular formula is C24H44N3O4+. The van der Waals surface area contributed by atoms with Crippen molar-refractivity contribution >= 4 is 11.8 Å². The van der Waals surface area contributed by atoms with E-state index in [0.717, 1.165) is 19.3 Å². The number of rotatable bonds is 17. The van der Waals surface area contributed by atoms with Crippen LogP contribution in [0.3, 0.4) is 0 Å². The first-order valence-electron chi connectivity index (χ1n) is 12.4. The van der Waals surface area contributed by atoms with Gasteiger partial charge in [-0.2, -0.15) is 0 Å². The van der Waals surface area contributed by atoms with E-state index in [2.05, 4.69) is 6.92 Å². The van der Waals surface area contributed by atoms with Crippen LogP contribution in [0.25, 0.3) is 0 Å². The van der Waals surface area contributed by atoms with Crippen LogP contribution in [-0.4, -0.2) is 26.5 Å². The molecule has 31 heavy (non-hydrogen) atoms. The molecule has 1 aromatic rings. The Morgan fingerprint density at radius 2 is 1.10 bits per heavy atom. The van der Waals surface area contributed by atoms with Crippen molar-refractivity contribution in [1.29, 1.82) is 0 Å². The molecule has 0 unspecified atom stereocenters. The molecule has 0 atom stereocenters. The van der Waals surface area contributed by atoms with Crippen molar-refractivity contribution in [1.82, 2.24) is 9.48 Å². The molecule has 178 valence electrons. The van der Waals surface area contributed by atoms with Crippen molar-refractivity contribution in [3.63, 3.8) is 0 Å². The normalized spacial score (nSPS) is 11.2. The van der Waals surface area contributed by atoms with E-state index in [9.17, 15) is 19.6 Å². The van der Waals surface area contributed by atoms with Crippen molar-refractivity contribution < 1.29 is 19.6 Å². The van der Waals surface area contributed by atoms with Gasteiger partial charge in [0, 0.05) is 29.9 Å². The molecule has 0 aliphatic rings. The Balaban J connectivity index is 2.10. The smallest absolute Gasteiger partial charge is 0.331 e. The van der Waals surface area contributed by atoms with Gasteiger partial charge >= 0.3 is 17.4 Å². The number of aromatic nitrogens is 3. The fraction of sp³-hybridized carbons (Fsp3) is 0.833. The van der Waals surface area contributed by atoms with Crippen LogP contribution in [0.5, 0.6) is 0 Å². The monoisotopic (exact) mass is 438 g/mol. The highest BCUT2D eigenvalue weighted by atomic mass is 16.5. The zero-order chi connectivity index (χ0) is 23.1.